The Balaban J connectivity index is 1.35. The summed E-state index contributed by atoms with van der Waals surface area (Å²) in [6.45, 7) is 10.6. The molecule has 0 aliphatic rings. The third kappa shape index (κ3) is 14.0. The van der Waals surface area contributed by atoms with E-state index in [0.29, 0.717) is 37.6 Å². The molecule has 0 aromatic heterocycles. The van der Waals surface area contributed by atoms with Gasteiger partial charge in [-0.25, -0.2) is 4.79 Å². The van der Waals surface area contributed by atoms with Crippen molar-refractivity contribution in [3.63, 3.8) is 0 Å². The molecule has 6 heteroatoms. The zero-order valence-electron chi connectivity index (χ0n) is 29.4. The molecule has 0 amide bonds. The highest BCUT2D eigenvalue weighted by atomic mass is 28.3. The minimum absolute atomic E-state index is 0.141. The van der Waals surface area contributed by atoms with Gasteiger partial charge in [0.2, 0.25) is 0 Å². The van der Waals surface area contributed by atoms with Crippen molar-refractivity contribution >= 4 is 14.0 Å². The number of hydrogen-bond acceptors (Lipinski definition) is 5. The fourth-order valence-corrected chi connectivity index (χ4v) is 4.84. The molecule has 0 saturated carbocycles. The molecule has 0 heterocycles. The molecule has 4 aromatic rings. The van der Waals surface area contributed by atoms with Gasteiger partial charge < -0.3 is 18.9 Å². The van der Waals surface area contributed by atoms with E-state index >= 15 is 0 Å². The lowest BCUT2D eigenvalue weighted by Crippen LogP contribution is -2.21. The van der Waals surface area contributed by atoms with E-state index < -0.39 is 14.0 Å². The molecule has 0 unspecified atom stereocenters. The maximum Gasteiger partial charge on any atom is 0.338 e. The molecule has 50 heavy (non-hydrogen) atoms. The van der Waals surface area contributed by atoms with Gasteiger partial charge in [0.1, 0.15) is 14.7 Å². The molecule has 0 saturated heterocycles. The molecule has 0 spiro atoms. The second kappa shape index (κ2) is 19.6. The Morgan fingerprint density at radius 1 is 0.600 bits per heavy atom. The minimum Gasteiger partial charge on any atom is -0.459 e. The number of rotatable bonds is 10. The van der Waals surface area contributed by atoms with Crippen LogP contribution in [0.15, 0.2) is 97.1 Å². The number of ether oxygens (including phenoxy) is 4. The van der Waals surface area contributed by atoms with E-state index in [0.717, 1.165) is 33.4 Å². The summed E-state index contributed by atoms with van der Waals surface area (Å²) < 4.78 is 21.4. The number of benzene rings is 4. The summed E-state index contributed by atoms with van der Waals surface area (Å²) >= 11 is 0. The van der Waals surface area contributed by atoms with Crippen LogP contribution in [0.4, 0.5) is 0 Å². The van der Waals surface area contributed by atoms with Gasteiger partial charge >= 0.3 is 5.97 Å². The predicted octanol–water partition coefficient (Wildman–Crippen LogP) is 7.34. The van der Waals surface area contributed by atoms with Gasteiger partial charge in [-0.05, 0) is 79.7 Å². The molecule has 4 aromatic carbocycles. The van der Waals surface area contributed by atoms with Crippen LogP contribution in [-0.4, -0.2) is 60.3 Å². The molecule has 0 aliphatic carbocycles. The summed E-state index contributed by atoms with van der Waals surface area (Å²) in [7, 11) is 0.182. The highest BCUT2D eigenvalue weighted by Gasteiger charge is 2.11. The molecule has 0 N–H and O–H groups in total. The summed E-state index contributed by atoms with van der Waals surface area (Å²) in [5.41, 5.74) is 9.90. The van der Waals surface area contributed by atoms with E-state index in [1.54, 1.807) is 25.3 Å². The number of carbonyl (C=O) groups excluding carboxylic acids is 1. The van der Waals surface area contributed by atoms with Crippen LogP contribution in [0.5, 0.6) is 0 Å². The summed E-state index contributed by atoms with van der Waals surface area (Å²) in [6, 6.07) is 30.8. The SMILES string of the molecule is COCCOCCO[C@@H](C)COC(=O)c1cccc(C#Cc2cccc(C#Cc3cccc(C#Cc4cccc(C#C[Si](C)(C)C)c4)c3)c2)c1. The lowest BCUT2D eigenvalue weighted by molar-refractivity contribution is -0.0269. The number of esters is 1. The third-order valence-corrected chi connectivity index (χ3v) is 7.71. The van der Waals surface area contributed by atoms with Crippen LogP contribution < -0.4 is 0 Å². The van der Waals surface area contributed by atoms with Gasteiger partial charge in [-0.2, -0.15) is 0 Å². The molecule has 0 fully saturated rings. The zero-order valence-corrected chi connectivity index (χ0v) is 30.4. The van der Waals surface area contributed by atoms with Crippen LogP contribution in [-0.2, 0) is 18.9 Å². The van der Waals surface area contributed by atoms with Gasteiger partial charge in [0.05, 0.1) is 38.1 Å². The van der Waals surface area contributed by atoms with Crippen molar-refractivity contribution in [1.29, 1.82) is 0 Å². The zero-order chi connectivity index (χ0) is 35.6. The van der Waals surface area contributed by atoms with Crippen LogP contribution in [0, 0.1) is 47.0 Å². The van der Waals surface area contributed by atoms with Gasteiger partial charge in [0.25, 0.3) is 0 Å². The largest absolute Gasteiger partial charge is 0.459 e. The average molecular weight is 679 g/mol. The van der Waals surface area contributed by atoms with Gasteiger partial charge in [-0.1, -0.05) is 85.3 Å². The average Bonchev–Trinajstić information content (AvgIpc) is 3.12. The lowest BCUT2D eigenvalue weighted by atomic mass is 10.1. The Hall–Kier alpha value is -5.31. The first-order chi connectivity index (χ1) is 24.2. The van der Waals surface area contributed by atoms with Crippen molar-refractivity contribution in [2.45, 2.75) is 32.7 Å². The maximum atomic E-state index is 12.7. The van der Waals surface area contributed by atoms with Crippen molar-refractivity contribution < 1.29 is 23.7 Å². The quantitative estimate of drug-likeness (QED) is 0.0761. The van der Waals surface area contributed by atoms with Gasteiger partial charge in [-0.15, -0.1) is 5.54 Å². The lowest BCUT2D eigenvalue weighted by Gasteiger charge is -2.13. The Kier molecular flexibility index (Phi) is 14.7. The smallest absolute Gasteiger partial charge is 0.338 e. The highest BCUT2D eigenvalue weighted by Crippen LogP contribution is 2.10. The van der Waals surface area contributed by atoms with Crippen molar-refractivity contribution in [3.8, 4) is 47.0 Å². The summed E-state index contributed by atoms with van der Waals surface area (Å²) in [6.07, 6.45) is -0.255. The maximum absolute atomic E-state index is 12.7. The first kappa shape index (κ1) is 37.5. The second-order valence-electron chi connectivity index (χ2n) is 12.5. The molecule has 5 nitrogen and oxygen atoms in total. The van der Waals surface area contributed by atoms with E-state index in [9.17, 15) is 4.79 Å². The molecule has 0 radical (unpaired) electrons. The Labute approximate surface area is 298 Å². The monoisotopic (exact) mass is 678 g/mol. The van der Waals surface area contributed by atoms with E-state index in [1.165, 1.54) is 0 Å². The Morgan fingerprint density at radius 2 is 1.02 bits per heavy atom. The second-order valence-corrected chi connectivity index (χ2v) is 17.2. The fraction of sp³-hybridized carbons (Fsp3) is 0.250. The van der Waals surface area contributed by atoms with Crippen molar-refractivity contribution in [2.75, 3.05) is 40.1 Å². The Morgan fingerprint density at radius 3 is 1.48 bits per heavy atom. The third-order valence-electron chi connectivity index (χ3n) is 6.83. The van der Waals surface area contributed by atoms with E-state index in [1.807, 2.05) is 85.8 Å². The van der Waals surface area contributed by atoms with E-state index in [-0.39, 0.29) is 12.7 Å². The van der Waals surface area contributed by atoms with Crippen LogP contribution >= 0.6 is 0 Å². The minimum atomic E-state index is -1.44. The van der Waals surface area contributed by atoms with Crippen LogP contribution in [0.2, 0.25) is 19.6 Å². The normalized spacial score (nSPS) is 10.9. The number of carbonyl (C=O) groups is 1. The molecular formula is C44H42O5Si. The molecule has 252 valence electrons. The summed E-state index contributed by atoms with van der Waals surface area (Å²) in [5, 5.41) is 0. The number of hydrogen-bond donors (Lipinski definition) is 0. The van der Waals surface area contributed by atoms with Crippen molar-refractivity contribution in [3.05, 3.63) is 142 Å². The topological polar surface area (TPSA) is 54.0 Å². The molecule has 4 rings (SSSR count). The van der Waals surface area contributed by atoms with Crippen LogP contribution in [0.3, 0.4) is 0 Å². The Bertz CT molecular complexity index is 2010. The molecule has 1 atom stereocenters. The standard InChI is InChI=1S/C44H42O5Si/c1-35(48-28-27-47-26-25-46-2)34-49-44(45)43-17-9-16-41(33-43)23-22-39-13-7-12-37(31-39)19-18-36-10-6-11-38(30-36)20-21-40-14-8-15-42(32-40)24-29-50(3,4)5/h6-17,30-33,35H,25-28,34H2,1-5H3/t35-/m0/s1. The van der Waals surface area contributed by atoms with Crippen LogP contribution in [0.1, 0.15) is 56.2 Å². The first-order valence-electron chi connectivity index (χ1n) is 16.5. The van der Waals surface area contributed by atoms with Crippen molar-refractivity contribution in [2.24, 2.45) is 0 Å². The van der Waals surface area contributed by atoms with Gasteiger partial charge in [0, 0.05) is 46.1 Å². The molecular weight excluding hydrogens is 637 g/mol. The van der Waals surface area contributed by atoms with Gasteiger partial charge in [0.15, 0.2) is 0 Å². The van der Waals surface area contributed by atoms with E-state index in [2.05, 4.69) is 66.6 Å². The molecule has 0 bridgehead atoms. The number of methoxy groups -OCH3 is 1. The summed E-state index contributed by atoms with van der Waals surface area (Å²) in [4.78, 5) is 12.7. The fourth-order valence-electron chi connectivity index (χ4n) is 4.32. The van der Waals surface area contributed by atoms with E-state index in [4.69, 9.17) is 18.9 Å². The summed E-state index contributed by atoms with van der Waals surface area (Å²) in [5.74, 6) is 22.2. The highest BCUT2D eigenvalue weighted by molar-refractivity contribution is 6.83. The van der Waals surface area contributed by atoms with Crippen molar-refractivity contribution in [1.82, 2.24) is 0 Å². The predicted molar refractivity (Wildman–Crippen MR) is 202 cm³/mol. The first-order valence-corrected chi connectivity index (χ1v) is 20.0. The van der Waals surface area contributed by atoms with Crippen LogP contribution in [0.25, 0.3) is 0 Å². The van der Waals surface area contributed by atoms with Gasteiger partial charge in [-0.3, -0.25) is 0 Å². The molecule has 0 aliphatic heterocycles.